The second-order valence-corrected chi connectivity index (χ2v) is 4.12. The van der Waals surface area contributed by atoms with Gasteiger partial charge in [-0.2, -0.15) is 0 Å². The number of nitrogens with zero attached hydrogens (tertiary/aromatic N) is 1. The van der Waals surface area contributed by atoms with Crippen molar-refractivity contribution in [3.8, 4) is 12.3 Å². The summed E-state index contributed by atoms with van der Waals surface area (Å²) in [4.78, 5) is 22.2. The summed E-state index contributed by atoms with van der Waals surface area (Å²) in [6.07, 6.45) is 5.97. The Hall–Kier alpha value is -2.55. The Balaban J connectivity index is 3.11. The molecule has 0 heterocycles. The molecule has 0 aromatic heterocycles. The third-order valence-electron chi connectivity index (χ3n) is 2.73. The van der Waals surface area contributed by atoms with Gasteiger partial charge in [0.05, 0.1) is 11.0 Å². The topological polar surface area (TPSA) is 84.3 Å². The minimum absolute atomic E-state index is 0.164. The van der Waals surface area contributed by atoms with Crippen LogP contribution in [-0.4, -0.2) is 23.4 Å². The fourth-order valence-corrected chi connectivity index (χ4v) is 1.66. The lowest BCUT2D eigenvalue weighted by Crippen LogP contribution is -2.23. The molecular formula is C14H17N3O3. The SMILES string of the molecule is C#CC(CC)Nc1ccc(C(=O)NCC)cc1[N+](=O)[O-]. The van der Waals surface area contributed by atoms with Crippen molar-refractivity contribution >= 4 is 17.3 Å². The normalized spacial score (nSPS) is 11.2. The van der Waals surface area contributed by atoms with Crippen LogP contribution < -0.4 is 10.6 Å². The van der Waals surface area contributed by atoms with Gasteiger partial charge in [0, 0.05) is 18.2 Å². The molecule has 0 bridgehead atoms. The first-order valence-corrected chi connectivity index (χ1v) is 6.32. The minimum Gasteiger partial charge on any atom is -0.366 e. The highest BCUT2D eigenvalue weighted by atomic mass is 16.6. The van der Waals surface area contributed by atoms with Crippen LogP contribution in [0.25, 0.3) is 0 Å². The van der Waals surface area contributed by atoms with Gasteiger partial charge in [-0.15, -0.1) is 6.42 Å². The summed E-state index contributed by atoms with van der Waals surface area (Å²) < 4.78 is 0. The fourth-order valence-electron chi connectivity index (χ4n) is 1.66. The molecule has 106 valence electrons. The Morgan fingerprint density at radius 2 is 2.20 bits per heavy atom. The van der Waals surface area contributed by atoms with E-state index in [1.807, 2.05) is 6.92 Å². The monoisotopic (exact) mass is 275 g/mol. The molecule has 20 heavy (non-hydrogen) atoms. The number of amides is 1. The van der Waals surface area contributed by atoms with Gasteiger partial charge in [0.25, 0.3) is 11.6 Å². The Kier molecular flexibility index (Phi) is 5.54. The number of anilines is 1. The average Bonchev–Trinajstić information content (AvgIpc) is 2.44. The highest BCUT2D eigenvalue weighted by molar-refractivity contribution is 5.95. The van der Waals surface area contributed by atoms with Crippen molar-refractivity contribution in [3.63, 3.8) is 0 Å². The first-order valence-electron chi connectivity index (χ1n) is 6.32. The molecule has 6 heteroatoms. The number of terminal acetylenes is 1. The lowest BCUT2D eigenvalue weighted by molar-refractivity contribution is -0.384. The lowest BCUT2D eigenvalue weighted by atomic mass is 10.1. The summed E-state index contributed by atoms with van der Waals surface area (Å²) in [6, 6.07) is 3.99. The summed E-state index contributed by atoms with van der Waals surface area (Å²) >= 11 is 0. The third kappa shape index (κ3) is 3.72. The second kappa shape index (κ2) is 7.14. The maximum absolute atomic E-state index is 11.7. The Morgan fingerprint density at radius 1 is 1.50 bits per heavy atom. The van der Waals surface area contributed by atoms with Gasteiger partial charge in [0.2, 0.25) is 0 Å². The number of hydrogen-bond donors (Lipinski definition) is 2. The van der Waals surface area contributed by atoms with Gasteiger partial charge in [-0.1, -0.05) is 12.8 Å². The predicted octanol–water partition coefficient (Wildman–Crippen LogP) is 2.17. The van der Waals surface area contributed by atoms with Crippen molar-refractivity contribution < 1.29 is 9.72 Å². The molecule has 1 aromatic carbocycles. The van der Waals surface area contributed by atoms with Gasteiger partial charge in [0.15, 0.2) is 0 Å². The molecular weight excluding hydrogens is 258 g/mol. The highest BCUT2D eigenvalue weighted by Gasteiger charge is 2.18. The number of nitrogens with one attached hydrogen (secondary N) is 2. The van der Waals surface area contributed by atoms with Crippen LogP contribution in [0.3, 0.4) is 0 Å². The number of carbonyl (C=O) groups excluding carboxylic acids is 1. The number of carbonyl (C=O) groups is 1. The number of nitro groups is 1. The molecule has 1 aromatic rings. The van der Waals surface area contributed by atoms with Crippen LogP contribution >= 0.6 is 0 Å². The standard InChI is InChI=1S/C14H17N3O3/c1-4-11(5-2)16-12-8-7-10(14(18)15-6-3)9-13(12)17(19)20/h1,7-9,11,16H,5-6H2,2-3H3,(H,15,18). The molecule has 0 radical (unpaired) electrons. The Labute approximate surface area is 117 Å². The van der Waals surface area contributed by atoms with E-state index in [0.29, 0.717) is 18.7 Å². The van der Waals surface area contributed by atoms with Gasteiger partial charge in [-0.25, -0.2) is 0 Å². The van der Waals surface area contributed by atoms with Gasteiger partial charge < -0.3 is 10.6 Å². The van der Waals surface area contributed by atoms with Gasteiger partial charge in [0.1, 0.15) is 5.69 Å². The second-order valence-electron chi connectivity index (χ2n) is 4.12. The molecule has 0 aliphatic carbocycles. The molecule has 0 saturated carbocycles. The van der Waals surface area contributed by atoms with E-state index in [0.717, 1.165) is 0 Å². The Morgan fingerprint density at radius 3 is 2.70 bits per heavy atom. The van der Waals surface area contributed by atoms with Crippen molar-refractivity contribution in [1.82, 2.24) is 5.32 Å². The molecule has 6 nitrogen and oxygen atoms in total. The first kappa shape index (κ1) is 15.5. The largest absolute Gasteiger partial charge is 0.366 e. The molecule has 2 N–H and O–H groups in total. The van der Waals surface area contributed by atoms with E-state index in [-0.39, 0.29) is 23.2 Å². The molecule has 0 aliphatic heterocycles. The van der Waals surface area contributed by atoms with E-state index < -0.39 is 4.92 Å². The zero-order valence-electron chi connectivity index (χ0n) is 11.5. The summed E-state index contributed by atoms with van der Waals surface area (Å²) in [5.74, 6) is 2.17. The molecule has 0 spiro atoms. The molecule has 1 atom stereocenters. The molecule has 1 rings (SSSR count). The van der Waals surface area contributed by atoms with Crippen LogP contribution in [0.1, 0.15) is 30.6 Å². The number of hydrogen-bond acceptors (Lipinski definition) is 4. The van der Waals surface area contributed by atoms with Gasteiger partial charge in [-0.3, -0.25) is 14.9 Å². The van der Waals surface area contributed by atoms with Gasteiger partial charge in [-0.05, 0) is 25.5 Å². The zero-order valence-corrected chi connectivity index (χ0v) is 11.5. The number of benzene rings is 1. The van der Waals surface area contributed by atoms with Crippen LogP contribution in [0.2, 0.25) is 0 Å². The average molecular weight is 275 g/mol. The molecule has 1 amide bonds. The smallest absolute Gasteiger partial charge is 0.293 e. The van der Waals surface area contributed by atoms with E-state index >= 15 is 0 Å². The summed E-state index contributed by atoms with van der Waals surface area (Å²) in [5, 5.41) is 16.6. The number of nitro benzene ring substituents is 1. The highest BCUT2D eigenvalue weighted by Crippen LogP contribution is 2.26. The third-order valence-corrected chi connectivity index (χ3v) is 2.73. The van der Waals surface area contributed by atoms with Crippen LogP contribution in [0.4, 0.5) is 11.4 Å². The van der Waals surface area contributed by atoms with E-state index in [4.69, 9.17) is 6.42 Å². The Bertz CT molecular complexity index is 549. The van der Waals surface area contributed by atoms with E-state index in [1.165, 1.54) is 18.2 Å². The maximum Gasteiger partial charge on any atom is 0.293 e. The molecule has 1 unspecified atom stereocenters. The summed E-state index contributed by atoms with van der Waals surface area (Å²) in [5.41, 5.74) is 0.396. The van der Waals surface area contributed by atoms with Crippen molar-refractivity contribution in [2.75, 3.05) is 11.9 Å². The van der Waals surface area contributed by atoms with E-state index in [1.54, 1.807) is 6.92 Å². The van der Waals surface area contributed by atoms with Crippen molar-refractivity contribution in [2.45, 2.75) is 26.3 Å². The van der Waals surface area contributed by atoms with Crippen LogP contribution in [0.5, 0.6) is 0 Å². The predicted molar refractivity (Wildman–Crippen MR) is 77.6 cm³/mol. The first-order chi connectivity index (χ1) is 9.53. The zero-order chi connectivity index (χ0) is 15.1. The molecule has 0 fully saturated rings. The van der Waals surface area contributed by atoms with E-state index in [2.05, 4.69) is 16.6 Å². The van der Waals surface area contributed by atoms with Crippen molar-refractivity contribution in [1.29, 1.82) is 0 Å². The number of rotatable bonds is 6. The van der Waals surface area contributed by atoms with Gasteiger partial charge >= 0.3 is 0 Å². The fraction of sp³-hybridized carbons (Fsp3) is 0.357. The molecule has 0 saturated heterocycles. The summed E-state index contributed by atoms with van der Waals surface area (Å²) in [6.45, 7) is 4.12. The quantitative estimate of drug-likeness (QED) is 0.473. The van der Waals surface area contributed by atoms with Crippen LogP contribution in [-0.2, 0) is 0 Å². The van der Waals surface area contributed by atoms with Crippen LogP contribution in [0.15, 0.2) is 18.2 Å². The van der Waals surface area contributed by atoms with Crippen molar-refractivity contribution in [2.24, 2.45) is 0 Å². The maximum atomic E-state index is 11.7. The van der Waals surface area contributed by atoms with E-state index in [9.17, 15) is 14.9 Å². The minimum atomic E-state index is -0.533. The lowest BCUT2D eigenvalue weighted by Gasteiger charge is -2.13. The molecule has 0 aliphatic rings. The summed E-state index contributed by atoms with van der Waals surface area (Å²) in [7, 11) is 0. The van der Waals surface area contributed by atoms with Crippen molar-refractivity contribution in [3.05, 3.63) is 33.9 Å². The van der Waals surface area contributed by atoms with Crippen LogP contribution in [0, 0.1) is 22.5 Å².